The van der Waals surface area contributed by atoms with Crippen molar-refractivity contribution in [2.24, 2.45) is 5.41 Å². The van der Waals surface area contributed by atoms with E-state index in [9.17, 15) is 35.1 Å². The maximum Gasteiger partial charge on any atom is 0.405 e. The molecule has 5 nitrogen and oxygen atoms in total. The standard InChI is InChI=1S/C23H13F8N5/c24-13-7-12(3-4-22(5-6-22)23(29,30)31)8-14(9-13)35(10-17(26)27)20-18-16(2-1-15(25)19(18)28)36-11-32-34-21(36)33-20/h1-2,7-9,11,17H,5-6,10H2. The fraction of sp³-hybridized carbons (Fsp3) is 0.261. The van der Waals surface area contributed by atoms with Gasteiger partial charge in [0.1, 0.15) is 23.4 Å². The zero-order valence-corrected chi connectivity index (χ0v) is 17.9. The number of fused-ring (bicyclic) bond motifs is 3. The third kappa shape index (κ3) is 4.06. The lowest BCUT2D eigenvalue weighted by atomic mass is 10.1. The molecule has 0 bridgehead atoms. The zero-order valence-electron chi connectivity index (χ0n) is 17.9. The van der Waals surface area contributed by atoms with E-state index in [4.69, 9.17) is 0 Å². The molecular weight excluding hydrogens is 498 g/mol. The molecule has 0 radical (unpaired) electrons. The number of hydrogen-bond acceptors (Lipinski definition) is 4. The van der Waals surface area contributed by atoms with E-state index < -0.39 is 53.2 Å². The van der Waals surface area contributed by atoms with E-state index in [1.54, 1.807) is 0 Å². The minimum Gasteiger partial charge on any atom is -0.320 e. The number of nitrogens with zero attached hydrogens (tertiary/aromatic N) is 5. The van der Waals surface area contributed by atoms with Crippen molar-refractivity contribution in [2.75, 3.05) is 11.4 Å². The first-order valence-electron chi connectivity index (χ1n) is 10.4. The van der Waals surface area contributed by atoms with Gasteiger partial charge in [-0.2, -0.15) is 18.2 Å². The van der Waals surface area contributed by atoms with Crippen molar-refractivity contribution in [2.45, 2.75) is 25.4 Å². The lowest BCUT2D eigenvalue weighted by Gasteiger charge is -2.25. The topological polar surface area (TPSA) is 46.3 Å². The first kappa shape index (κ1) is 23.8. The molecule has 2 aromatic heterocycles. The summed E-state index contributed by atoms with van der Waals surface area (Å²) >= 11 is 0. The molecule has 0 atom stereocenters. The number of hydrogen-bond donors (Lipinski definition) is 0. The smallest absolute Gasteiger partial charge is 0.320 e. The Morgan fingerprint density at radius 2 is 1.83 bits per heavy atom. The maximum atomic E-state index is 14.9. The lowest BCUT2D eigenvalue weighted by Crippen LogP contribution is -2.26. The van der Waals surface area contributed by atoms with Gasteiger partial charge in [-0.05, 0) is 43.2 Å². The molecule has 0 spiro atoms. The van der Waals surface area contributed by atoms with Crippen LogP contribution in [0.3, 0.4) is 0 Å². The molecule has 4 aromatic rings. The fourth-order valence-electron chi connectivity index (χ4n) is 3.83. The number of aromatic nitrogens is 4. The van der Waals surface area contributed by atoms with Gasteiger partial charge < -0.3 is 4.90 Å². The Labute approximate surface area is 197 Å². The largest absolute Gasteiger partial charge is 0.405 e. The van der Waals surface area contributed by atoms with Crippen LogP contribution in [0.25, 0.3) is 16.7 Å². The molecule has 2 heterocycles. The van der Waals surface area contributed by atoms with Crippen molar-refractivity contribution < 1.29 is 35.1 Å². The molecule has 0 amide bonds. The van der Waals surface area contributed by atoms with Gasteiger partial charge in [0.2, 0.25) is 0 Å². The predicted molar refractivity (Wildman–Crippen MR) is 112 cm³/mol. The molecule has 0 unspecified atom stereocenters. The number of rotatable bonds is 4. The fourth-order valence-corrected chi connectivity index (χ4v) is 3.83. The van der Waals surface area contributed by atoms with E-state index in [2.05, 4.69) is 27.0 Å². The zero-order chi connectivity index (χ0) is 25.8. The third-order valence-electron chi connectivity index (χ3n) is 5.80. The molecule has 1 aliphatic rings. The number of anilines is 2. The van der Waals surface area contributed by atoms with Gasteiger partial charge in [0.05, 0.1) is 17.4 Å². The second kappa shape index (κ2) is 8.32. The minimum atomic E-state index is -4.57. The summed E-state index contributed by atoms with van der Waals surface area (Å²) < 4.78 is 112. The average Bonchev–Trinajstić information content (AvgIpc) is 3.47. The molecule has 0 aliphatic heterocycles. The highest BCUT2D eigenvalue weighted by atomic mass is 19.4. The second-order valence-corrected chi connectivity index (χ2v) is 8.22. The van der Waals surface area contributed by atoms with Crippen molar-refractivity contribution in [1.29, 1.82) is 0 Å². The first-order valence-corrected chi connectivity index (χ1v) is 10.4. The summed E-state index contributed by atoms with van der Waals surface area (Å²) in [5.41, 5.74) is -2.73. The Hall–Kier alpha value is -3.95. The van der Waals surface area contributed by atoms with Gasteiger partial charge in [-0.3, -0.25) is 4.40 Å². The molecule has 1 saturated carbocycles. The second-order valence-electron chi connectivity index (χ2n) is 8.22. The summed E-state index contributed by atoms with van der Waals surface area (Å²) in [6.07, 6.45) is -6.88. The summed E-state index contributed by atoms with van der Waals surface area (Å²) in [6, 6.07) is 4.72. The number of halogens is 8. The SMILES string of the molecule is Fc1cc(C#CC2(C(F)(F)F)CC2)cc(N(CC(F)F)c2nc3nncn3c3ccc(F)c(F)c23)c1. The minimum absolute atomic E-state index is 0.00423. The first-order chi connectivity index (χ1) is 17.0. The van der Waals surface area contributed by atoms with Crippen LogP contribution in [0, 0.1) is 34.7 Å². The van der Waals surface area contributed by atoms with E-state index >= 15 is 0 Å². The Morgan fingerprint density at radius 3 is 2.50 bits per heavy atom. The van der Waals surface area contributed by atoms with Crippen LogP contribution in [0.1, 0.15) is 18.4 Å². The van der Waals surface area contributed by atoms with E-state index in [1.165, 1.54) is 10.5 Å². The van der Waals surface area contributed by atoms with Crippen LogP contribution < -0.4 is 4.90 Å². The van der Waals surface area contributed by atoms with Crippen LogP contribution in [0.5, 0.6) is 0 Å². The number of benzene rings is 2. The summed E-state index contributed by atoms with van der Waals surface area (Å²) in [4.78, 5) is 4.78. The summed E-state index contributed by atoms with van der Waals surface area (Å²) in [5.74, 6) is 0.0503. The van der Waals surface area contributed by atoms with Crippen LogP contribution in [0.4, 0.5) is 46.6 Å². The molecule has 0 N–H and O–H groups in total. The van der Waals surface area contributed by atoms with Gasteiger partial charge in [-0.1, -0.05) is 11.8 Å². The van der Waals surface area contributed by atoms with Gasteiger partial charge in [0, 0.05) is 11.3 Å². The Kier molecular flexibility index (Phi) is 5.50. The molecule has 186 valence electrons. The van der Waals surface area contributed by atoms with E-state index in [-0.39, 0.29) is 35.4 Å². The van der Waals surface area contributed by atoms with Gasteiger partial charge in [0.15, 0.2) is 11.6 Å². The van der Waals surface area contributed by atoms with Crippen molar-refractivity contribution in [3.05, 3.63) is 59.7 Å². The van der Waals surface area contributed by atoms with Crippen LogP contribution in [0.15, 0.2) is 36.7 Å². The van der Waals surface area contributed by atoms with Crippen LogP contribution in [-0.2, 0) is 0 Å². The highest BCUT2D eigenvalue weighted by Gasteiger charge is 2.62. The Bertz CT molecular complexity index is 1550. The van der Waals surface area contributed by atoms with Gasteiger partial charge in [-0.15, -0.1) is 10.2 Å². The van der Waals surface area contributed by atoms with Crippen LogP contribution in [0.2, 0.25) is 0 Å². The van der Waals surface area contributed by atoms with E-state index in [0.29, 0.717) is 0 Å². The Morgan fingerprint density at radius 1 is 1.08 bits per heavy atom. The molecule has 13 heteroatoms. The van der Waals surface area contributed by atoms with Crippen molar-refractivity contribution >= 4 is 28.2 Å². The van der Waals surface area contributed by atoms with Crippen molar-refractivity contribution in [3.8, 4) is 11.8 Å². The molecule has 1 aliphatic carbocycles. The van der Waals surface area contributed by atoms with E-state index in [0.717, 1.165) is 35.5 Å². The summed E-state index contributed by atoms with van der Waals surface area (Å²) in [5, 5.41) is 6.86. The molecule has 1 fully saturated rings. The monoisotopic (exact) mass is 511 g/mol. The highest BCUT2D eigenvalue weighted by molar-refractivity contribution is 5.94. The molecular formula is C23H13F8N5. The summed E-state index contributed by atoms with van der Waals surface area (Å²) in [6.45, 7) is -1.13. The number of alkyl halides is 5. The molecule has 2 aromatic carbocycles. The van der Waals surface area contributed by atoms with Crippen molar-refractivity contribution in [3.63, 3.8) is 0 Å². The lowest BCUT2D eigenvalue weighted by molar-refractivity contribution is -0.168. The highest BCUT2D eigenvalue weighted by Crippen LogP contribution is 2.57. The van der Waals surface area contributed by atoms with Gasteiger partial charge >= 0.3 is 6.18 Å². The average molecular weight is 511 g/mol. The Balaban J connectivity index is 1.70. The van der Waals surface area contributed by atoms with Gasteiger partial charge in [-0.25, -0.2) is 22.0 Å². The molecule has 5 rings (SSSR count). The van der Waals surface area contributed by atoms with Crippen LogP contribution in [-0.4, -0.2) is 38.7 Å². The normalized spacial score (nSPS) is 14.8. The predicted octanol–water partition coefficient (Wildman–Crippen LogP) is 5.79. The summed E-state index contributed by atoms with van der Waals surface area (Å²) in [7, 11) is 0. The van der Waals surface area contributed by atoms with Gasteiger partial charge in [0.25, 0.3) is 12.2 Å². The van der Waals surface area contributed by atoms with E-state index in [1.807, 2.05) is 0 Å². The third-order valence-corrected chi connectivity index (χ3v) is 5.80. The molecule has 36 heavy (non-hydrogen) atoms. The maximum absolute atomic E-state index is 14.9. The quantitative estimate of drug-likeness (QED) is 0.257. The van der Waals surface area contributed by atoms with Crippen LogP contribution >= 0.6 is 0 Å². The molecule has 0 saturated heterocycles. The van der Waals surface area contributed by atoms with Crippen molar-refractivity contribution in [1.82, 2.24) is 19.6 Å².